The molecule has 1 heterocycles. The predicted octanol–water partition coefficient (Wildman–Crippen LogP) is 1.76. The quantitative estimate of drug-likeness (QED) is 0.864. The lowest BCUT2D eigenvalue weighted by Crippen LogP contribution is -2.33. The molecule has 0 atom stereocenters. The third-order valence-electron chi connectivity index (χ3n) is 2.94. The number of benzene rings is 1. The number of carbonyl (C=O) groups is 1. The van der Waals surface area contributed by atoms with Gasteiger partial charge < -0.3 is 19.5 Å². The van der Waals surface area contributed by atoms with Crippen molar-refractivity contribution < 1.29 is 19.4 Å². The fourth-order valence-electron chi connectivity index (χ4n) is 2.03. The lowest BCUT2D eigenvalue weighted by atomic mass is 10.2. The Hall–Kier alpha value is -1.91. The van der Waals surface area contributed by atoms with E-state index >= 15 is 0 Å². The molecule has 0 fully saturated rings. The third kappa shape index (κ3) is 2.85. The van der Waals surface area contributed by atoms with Crippen LogP contribution in [-0.2, 0) is 4.79 Å². The van der Waals surface area contributed by atoms with Crippen molar-refractivity contribution in [3.05, 3.63) is 18.2 Å². The number of methoxy groups -OCH3 is 1. The SMILES string of the molecule is COc1ccc2c(c1)N(CCCC(=O)O)CCO2. The van der Waals surface area contributed by atoms with Crippen LogP contribution in [0.5, 0.6) is 11.5 Å². The molecule has 1 aliphatic rings. The van der Waals surface area contributed by atoms with Crippen LogP contribution in [0.1, 0.15) is 12.8 Å². The van der Waals surface area contributed by atoms with E-state index in [1.54, 1.807) is 7.11 Å². The minimum Gasteiger partial charge on any atom is -0.497 e. The van der Waals surface area contributed by atoms with E-state index in [4.69, 9.17) is 14.6 Å². The number of hydrogen-bond donors (Lipinski definition) is 1. The minimum absolute atomic E-state index is 0.191. The van der Waals surface area contributed by atoms with Crippen LogP contribution in [0.25, 0.3) is 0 Å². The minimum atomic E-state index is -0.755. The molecule has 0 saturated carbocycles. The first kappa shape index (κ1) is 12.5. The molecular formula is C13H17NO4. The number of carboxylic acids is 1. The summed E-state index contributed by atoms with van der Waals surface area (Å²) in [5, 5.41) is 8.66. The van der Waals surface area contributed by atoms with Gasteiger partial charge in [-0.3, -0.25) is 4.79 Å². The summed E-state index contributed by atoms with van der Waals surface area (Å²) in [4.78, 5) is 12.7. The highest BCUT2D eigenvalue weighted by atomic mass is 16.5. The number of rotatable bonds is 5. The molecule has 18 heavy (non-hydrogen) atoms. The lowest BCUT2D eigenvalue weighted by molar-refractivity contribution is -0.137. The molecule has 1 aliphatic heterocycles. The molecule has 0 bridgehead atoms. The molecule has 0 spiro atoms. The molecule has 0 amide bonds. The molecule has 5 heteroatoms. The molecule has 0 aromatic heterocycles. The van der Waals surface area contributed by atoms with E-state index in [-0.39, 0.29) is 6.42 Å². The smallest absolute Gasteiger partial charge is 0.303 e. The summed E-state index contributed by atoms with van der Waals surface area (Å²) in [6.45, 7) is 2.13. The number of aliphatic carboxylic acids is 1. The first-order chi connectivity index (χ1) is 8.70. The second-order valence-electron chi connectivity index (χ2n) is 4.17. The van der Waals surface area contributed by atoms with Gasteiger partial charge in [0.2, 0.25) is 0 Å². The second kappa shape index (κ2) is 5.62. The van der Waals surface area contributed by atoms with Crippen molar-refractivity contribution in [1.82, 2.24) is 0 Å². The van der Waals surface area contributed by atoms with Crippen LogP contribution in [0.4, 0.5) is 5.69 Å². The Labute approximate surface area is 106 Å². The van der Waals surface area contributed by atoms with E-state index in [1.165, 1.54) is 0 Å². The summed E-state index contributed by atoms with van der Waals surface area (Å²) in [6.07, 6.45) is 0.822. The van der Waals surface area contributed by atoms with Gasteiger partial charge in [0, 0.05) is 19.0 Å². The van der Waals surface area contributed by atoms with Gasteiger partial charge >= 0.3 is 5.97 Å². The van der Waals surface area contributed by atoms with Gasteiger partial charge in [0.15, 0.2) is 0 Å². The fraction of sp³-hybridized carbons (Fsp3) is 0.462. The van der Waals surface area contributed by atoms with E-state index in [9.17, 15) is 4.79 Å². The number of nitrogens with zero attached hydrogens (tertiary/aromatic N) is 1. The molecule has 0 unspecified atom stereocenters. The summed E-state index contributed by atoms with van der Waals surface area (Å²) in [5.41, 5.74) is 0.978. The van der Waals surface area contributed by atoms with Crippen molar-refractivity contribution in [3.63, 3.8) is 0 Å². The summed E-state index contributed by atoms with van der Waals surface area (Å²) >= 11 is 0. The van der Waals surface area contributed by atoms with E-state index in [1.807, 2.05) is 18.2 Å². The van der Waals surface area contributed by atoms with Crippen molar-refractivity contribution in [1.29, 1.82) is 0 Å². The summed E-state index contributed by atoms with van der Waals surface area (Å²) in [6, 6.07) is 5.67. The summed E-state index contributed by atoms with van der Waals surface area (Å²) < 4.78 is 10.8. The molecule has 1 aromatic rings. The molecule has 0 aliphatic carbocycles. The number of hydrogen-bond acceptors (Lipinski definition) is 4. The van der Waals surface area contributed by atoms with Gasteiger partial charge in [-0.2, -0.15) is 0 Å². The van der Waals surface area contributed by atoms with E-state index in [2.05, 4.69) is 4.90 Å². The number of fused-ring (bicyclic) bond motifs is 1. The van der Waals surface area contributed by atoms with Crippen LogP contribution in [0.3, 0.4) is 0 Å². The first-order valence-electron chi connectivity index (χ1n) is 5.98. The molecule has 1 N–H and O–H groups in total. The van der Waals surface area contributed by atoms with Gasteiger partial charge in [0.05, 0.1) is 19.3 Å². The molecule has 1 aromatic carbocycles. The zero-order valence-electron chi connectivity index (χ0n) is 10.4. The van der Waals surface area contributed by atoms with Crippen LogP contribution in [-0.4, -0.2) is 37.9 Å². The van der Waals surface area contributed by atoms with E-state index in [0.29, 0.717) is 13.0 Å². The largest absolute Gasteiger partial charge is 0.497 e. The van der Waals surface area contributed by atoms with E-state index in [0.717, 1.165) is 30.3 Å². The topological polar surface area (TPSA) is 59.0 Å². The second-order valence-corrected chi connectivity index (χ2v) is 4.17. The molecule has 0 radical (unpaired) electrons. The first-order valence-corrected chi connectivity index (χ1v) is 5.98. The Morgan fingerprint density at radius 2 is 2.39 bits per heavy atom. The standard InChI is InChI=1S/C13H17NO4/c1-17-10-4-5-12-11(9-10)14(7-8-18-12)6-2-3-13(15)16/h4-5,9H,2-3,6-8H2,1H3,(H,15,16). The van der Waals surface area contributed by atoms with Crippen LogP contribution in [0.2, 0.25) is 0 Å². The Bertz CT molecular complexity index is 433. The van der Waals surface area contributed by atoms with Crippen LogP contribution in [0, 0.1) is 0 Å². The Morgan fingerprint density at radius 3 is 3.11 bits per heavy atom. The summed E-state index contributed by atoms with van der Waals surface area (Å²) in [5.74, 6) is 0.856. The molecule has 5 nitrogen and oxygen atoms in total. The lowest BCUT2D eigenvalue weighted by Gasteiger charge is -2.31. The average molecular weight is 251 g/mol. The van der Waals surface area contributed by atoms with Crippen molar-refractivity contribution >= 4 is 11.7 Å². The van der Waals surface area contributed by atoms with Gasteiger partial charge in [-0.25, -0.2) is 0 Å². The highest BCUT2D eigenvalue weighted by Gasteiger charge is 2.18. The maximum atomic E-state index is 10.5. The monoisotopic (exact) mass is 251 g/mol. The Kier molecular flexibility index (Phi) is 3.92. The number of anilines is 1. The maximum Gasteiger partial charge on any atom is 0.303 e. The van der Waals surface area contributed by atoms with Gasteiger partial charge in [0.1, 0.15) is 18.1 Å². The molecule has 0 saturated heterocycles. The van der Waals surface area contributed by atoms with Gasteiger partial charge in [-0.1, -0.05) is 0 Å². The highest BCUT2D eigenvalue weighted by Crippen LogP contribution is 2.34. The van der Waals surface area contributed by atoms with Gasteiger partial charge in [-0.05, 0) is 18.6 Å². The third-order valence-corrected chi connectivity index (χ3v) is 2.94. The normalized spacial score (nSPS) is 13.7. The van der Waals surface area contributed by atoms with E-state index < -0.39 is 5.97 Å². The summed E-state index contributed by atoms with van der Waals surface area (Å²) in [7, 11) is 1.63. The average Bonchev–Trinajstić information content (AvgIpc) is 2.38. The van der Waals surface area contributed by atoms with Crippen molar-refractivity contribution in [2.75, 3.05) is 31.7 Å². The Balaban J connectivity index is 2.08. The van der Waals surface area contributed by atoms with Crippen molar-refractivity contribution in [2.45, 2.75) is 12.8 Å². The highest BCUT2D eigenvalue weighted by molar-refractivity contribution is 5.67. The zero-order valence-corrected chi connectivity index (χ0v) is 10.4. The Morgan fingerprint density at radius 1 is 1.56 bits per heavy atom. The molecule has 2 rings (SSSR count). The van der Waals surface area contributed by atoms with Crippen molar-refractivity contribution in [3.8, 4) is 11.5 Å². The number of carboxylic acid groups (broad SMARTS) is 1. The molecular weight excluding hydrogens is 234 g/mol. The number of ether oxygens (including phenoxy) is 2. The zero-order chi connectivity index (χ0) is 13.0. The van der Waals surface area contributed by atoms with Gasteiger partial charge in [0.25, 0.3) is 0 Å². The van der Waals surface area contributed by atoms with Crippen LogP contribution >= 0.6 is 0 Å². The van der Waals surface area contributed by atoms with Crippen molar-refractivity contribution in [2.24, 2.45) is 0 Å². The van der Waals surface area contributed by atoms with Crippen LogP contribution < -0.4 is 14.4 Å². The van der Waals surface area contributed by atoms with Crippen LogP contribution in [0.15, 0.2) is 18.2 Å². The molecule has 98 valence electrons. The fourth-order valence-corrected chi connectivity index (χ4v) is 2.03. The van der Waals surface area contributed by atoms with Gasteiger partial charge in [-0.15, -0.1) is 0 Å². The maximum absolute atomic E-state index is 10.5. The predicted molar refractivity (Wildman–Crippen MR) is 67.6 cm³/mol.